The van der Waals surface area contributed by atoms with Crippen LogP contribution in [0.4, 0.5) is 0 Å². The lowest BCUT2D eigenvalue weighted by molar-refractivity contribution is 0.0520. The first-order valence-corrected chi connectivity index (χ1v) is 5.98. The summed E-state index contributed by atoms with van der Waals surface area (Å²) in [6, 6.07) is 7.32. The Morgan fingerprint density at radius 3 is 2.67 bits per heavy atom. The van der Waals surface area contributed by atoms with E-state index in [1.54, 1.807) is 25.3 Å². The van der Waals surface area contributed by atoms with Gasteiger partial charge in [-0.1, -0.05) is 11.6 Å². The molecule has 5 heteroatoms. The zero-order valence-electron chi connectivity index (χ0n) is 10.2. The van der Waals surface area contributed by atoms with Crippen LogP contribution in [0.3, 0.4) is 0 Å². The summed E-state index contributed by atoms with van der Waals surface area (Å²) in [5.74, 6) is 0.314. The number of hydrogen-bond donors (Lipinski definition) is 0. The molecule has 0 bridgehead atoms. The lowest BCUT2D eigenvalue weighted by Crippen LogP contribution is -2.04. The van der Waals surface area contributed by atoms with E-state index in [4.69, 9.17) is 16.3 Å². The number of carbonyl (C=O) groups excluding carboxylic acids is 1. The van der Waals surface area contributed by atoms with E-state index in [2.05, 4.69) is 4.98 Å². The molecular formula is C13H13ClN2O2. The van der Waals surface area contributed by atoms with Crippen LogP contribution in [0.2, 0.25) is 5.02 Å². The number of esters is 1. The summed E-state index contributed by atoms with van der Waals surface area (Å²) in [5, 5.41) is 0.669. The van der Waals surface area contributed by atoms with Crippen LogP contribution in [-0.4, -0.2) is 22.1 Å². The van der Waals surface area contributed by atoms with Crippen LogP contribution < -0.4 is 0 Å². The van der Waals surface area contributed by atoms with Gasteiger partial charge < -0.3 is 9.30 Å². The normalized spacial score (nSPS) is 10.4. The van der Waals surface area contributed by atoms with Gasteiger partial charge in [0.2, 0.25) is 0 Å². The molecular weight excluding hydrogens is 252 g/mol. The summed E-state index contributed by atoms with van der Waals surface area (Å²) in [6.07, 6.45) is 1.66. The second-order valence-corrected chi connectivity index (χ2v) is 4.18. The fraction of sp³-hybridized carbons (Fsp3) is 0.231. The van der Waals surface area contributed by atoms with Crippen molar-refractivity contribution in [2.45, 2.75) is 13.8 Å². The summed E-state index contributed by atoms with van der Waals surface area (Å²) < 4.78 is 6.74. The van der Waals surface area contributed by atoms with Crippen molar-refractivity contribution in [2.24, 2.45) is 0 Å². The first kappa shape index (κ1) is 12.6. The monoisotopic (exact) mass is 264 g/mol. The molecule has 0 atom stereocenters. The second-order valence-electron chi connectivity index (χ2n) is 3.74. The molecule has 0 N–H and O–H groups in total. The van der Waals surface area contributed by atoms with Crippen LogP contribution in [0.1, 0.15) is 23.2 Å². The van der Waals surface area contributed by atoms with Gasteiger partial charge in [-0.25, -0.2) is 9.78 Å². The fourth-order valence-electron chi connectivity index (χ4n) is 1.64. The van der Waals surface area contributed by atoms with Crippen molar-refractivity contribution in [1.29, 1.82) is 0 Å². The third-order valence-corrected chi connectivity index (χ3v) is 2.72. The average Bonchev–Trinajstić information content (AvgIpc) is 2.73. The minimum Gasteiger partial charge on any atom is -0.461 e. The zero-order chi connectivity index (χ0) is 13.1. The summed E-state index contributed by atoms with van der Waals surface area (Å²) in [7, 11) is 0. The van der Waals surface area contributed by atoms with Gasteiger partial charge in [0.15, 0.2) is 5.69 Å². The van der Waals surface area contributed by atoms with Crippen molar-refractivity contribution in [3.8, 4) is 5.69 Å². The standard InChI is InChI=1S/C13H13ClN2O2/c1-3-18-13(17)12-8-16(9(2)15-12)11-6-4-10(14)5-7-11/h4-8H,3H2,1-2H3. The molecule has 0 saturated carbocycles. The van der Waals surface area contributed by atoms with E-state index in [1.807, 2.05) is 23.6 Å². The Kier molecular flexibility index (Phi) is 3.67. The lowest BCUT2D eigenvalue weighted by atomic mass is 10.3. The summed E-state index contributed by atoms with van der Waals surface area (Å²) in [4.78, 5) is 15.8. The Morgan fingerprint density at radius 1 is 1.39 bits per heavy atom. The summed E-state index contributed by atoms with van der Waals surface area (Å²) in [6.45, 7) is 3.93. The maximum atomic E-state index is 11.6. The summed E-state index contributed by atoms with van der Waals surface area (Å²) >= 11 is 5.84. The molecule has 0 aliphatic rings. The van der Waals surface area contributed by atoms with Crippen LogP contribution in [0.5, 0.6) is 0 Å². The number of imidazole rings is 1. The topological polar surface area (TPSA) is 44.1 Å². The van der Waals surface area contributed by atoms with Gasteiger partial charge in [0.05, 0.1) is 6.61 Å². The minimum absolute atomic E-state index is 0.310. The number of rotatable bonds is 3. The van der Waals surface area contributed by atoms with E-state index in [-0.39, 0.29) is 0 Å². The number of nitrogens with zero attached hydrogens (tertiary/aromatic N) is 2. The van der Waals surface area contributed by atoms with E-state index in [9.17, 15) is 4.79 Å². The third kappa shape index (κ3) is 2.54. The number of hydrogen-bond acceptors (Lipinski definition) is 3. The van der Waals surface area contributed by atoms with Gasteiger partial charge in [0.1, 0.15) is 5.82 Å². The molecule has 94 valence electrons. The van der Waals surface area contributed by atoms with E-state index in [1.165, 1.54) is 0 Å². The van der Waals surface area contributed by atoms with Gasteiger partial charge in [-0.05, 0) is 38.1 Å². The Bertz CT molecular complexity index is 561. The predicted octanol–water partition coefficient (Wildman–Crippen LogP) is 3.01. The fourth-order valence-corrected chi connectivity index (χ4v) is 1.77. The highest BCUT2D eigenvalue weighted by Crippen LogP contribution is 2.16. The van der Waals surface area contributed by atoms with Gasteiger partial charge in [0.25, 0.3) is 0 Å². The van der Waals surface area contributed by atoms with Crippen molar-refractivity contribution < 1.29 is 9.53 Å². The first-order valence-electron chi connectivity index (χ1n) is 5.61. The first-order chi connectivity index (χ1) is 8.61. The molecule has 0 saturated heterocycles. The second kappa shape index (κ2) is 5.23. The molecule has 1 heterocycles. The maximum Gasteiger partial charge on any atom is 0.358 e. The molecule has 0 amide bonds. The van der Waals surface area contributed by atoms with E-state index < -0.39 is 5.97 Å². The number of ether oxygens (including phenoxy) is 1. The van der Waals surface area contributed by atoms with Crippen LogP contribution >= 0.6 is 11.6 Å². The third-order valence-electron chi connectivity index (χ3n) is 2.47. The molecule has 0 radical (unpaired) electrons. The van der Waals surface area contributed by atoms with E-state index in [0.717, 1.165) is 11.5 Å². The number of halogens is 1. The largest absolute Gasteiger partial charge is 0.461 e. The molecule has 4 nitrogen and oxygen atoms in total. The van der Waals surface area contributed by atoms with Gasteiger partial charge in [-0.3, -0.25) is 0 Å². The number of aryl methyl sites for hydroxylation is 1. The minimum atomic E-state index is -0.409. The molecule has 0 aliphatic heterocycles. The molecule has 1 aromatic carbocycles. The summed E-state index contributed by atoms with van der Waals surface area (Å²) in [5.41, 5.74) is 1.21. The van der Waals surface area contributed by atoms with Gasteiger partial charge in [0, 0.05) is 16.9 Å². The average molecular weight is 265 g/mol. The van der Waals surface area contributed by atoms with Crippen LogP contribution in [0.25, 0.3) is 5.69 Å². The van der Waals surface area contributed by atoms with Crippen molar-refractivity contribution >= 4 is 17.6 Å². The Balaban J connectivity index is 2.34. The lowest BCUT2D eigenvalue weighted by Gasteiger charge is -2.03. The number of aromatic nitrogens is 2. The van der Waals surface area contributed by atoms with Gasteiger partial charge in [-0.2, -0.15) is 0 Å². The highest BCUT2D eigenvalue weighted by molar-refractivity contribution is 6.30. The Labute approximate surface area is 110 Å². The molecule has 0 unspecified atom stereocenters. The van der Waals surface area contributed by atoms with E-state index >= 15 is 0 Å². The van der Waals surface area contributed by atoms with Crippen LogP contribution in [0, 0.1) is 6.92 Å². The highest BCUT2D eigenvalue weighted by atomic mass is 35.5. The Morgan fingerprint density at radius 2 is 2.06 bits per heavy atom. The Hall–Kier alpha value is -1.81. The van der Waals surface area contributed by atoms with Crippen LogP contribution in [0.15, 0.2) is 30.5 Å². The molecule has 18 heavy (non-hydrogen) atoms. The van der Waals surface area contributed by atoms with Crippen LogP contribution in [-0.2, 0) is 4.74 Å². The van der Waals surface area contributed by atoms with Gasteiger partial charge in [-0.15, -0.1) is 0 Å². The van der Waals surface area contributed by atoms with Crippen molar-refractivity contribution in [1.82, 2.24) is 9.55 Å². The van der Waals surface area contributed by atoms with E-state index in [0.29, 0.717) is 17.3 Å². The number of benzene rings is 1. The molecule has 0 fully saturated rings. The maximum absolute atomic E-state index is 11.6. The van der Waals surface area contributed by atoms with Crippen molar-refractivity contribution in [3.63, 3.8) is 0 Å². The molecule has 0 aliphatic carbocycles. The van der Waals surface area contributed by atoms with Gasteiger partial charge >= 0.3 is 5.97 Å². The zero-order valence-corrected chi connectivity index (χ0v) is 10.9. The number of carbonyl (C=O) groups is 1. The van der Waals surface area contributed by atoms with Crippen molar-refractivity contribution in [3.05, 3.63) is 47.0 Å². The quantitative estimate of drug-likeness (QED) is 0.801. The predicted molar refractivity (Wildman–Crippen MR) is 69.3 cm³/mol. The smallest absolute Gasteiger partial charge is 0.358 e. The SMILES string of the molecule is CCOC(=O)c1cn(-c2ccc(Cl)cc2)c(C)n1. The van der Waals surface area contributed by atoms with Crippen molar-refractivity contribution in [2.75, 3.05) is 6.61 Å². The molecule has 2 rings (SSSR count). The molecule has 2 aromatic rings. The highest BCUT2D eigenvalue weighted by Gasteiger charge is 2.13. The molecule has 0 spiro atoms. The molecule has 1 aromatic heterocycles.